The van der Waals surface area contributed by atoms with Crippen LogP contribution in [0.5, 0.6) is 0 Å². The maximum absolute atomic E-state index is 5.07. The molecule has 24 rings (SSSR count). The highest BCUT2D eigenvalue weighted by Crippen LogP contribution is 2.46. The van der Waals surface area contributed by atoms with Crippen molar-refractivity contribution in [2.45, 2.75) is 0 Å². The number of para-hydroxylation sites is 4. The Hall–Kier alpha value is -16.8. The molecule has 24 aromatic rings. The molecule has 0 amide bonds. The Bertz CT molecular complexity index is 7750. The van der Waals surface area contributed by atoms with Gasteiger partial charge in [-0.3, -0.25) is 0 Å². The third-order valence-corrected chi connectivity index (χ3v) is 23.1. The SMILES string of the molecule is c1ccc(-c2nc(-c3ccccc3)nc(-c3cccc(-n4c5ccccc5c5c6c7ccccc7n(-c7ccc8ccccc8c7)c6ccc54)c3)n2)cc1.c1ccc(-c2nc(-c3ccccc3)nc(-c3cccc(-n4c5ccccc5c5c6c7ccccc7n(-c7cccc(-c8nc(-c9ccccc9)nc(-c9ccccc9)n8)c7)c6ccc54)c3)n2)cc1. The van der Waals surface area contributed by atoms with Gasteiger partial charge in [0, 0.05) is 116 Å². The lowest BCUT2D eigenvalue weighted by Gasteiger charge is -2.12. The van der Waals surface area contributed by atoms with Crippen LogP contribution in [0.3, 0.4) is 0 Å². The van der Waals surface area contributed by atoms with E-state index in [0.717, 1.165) is 106 Å². The summed E-state index contributed by atoms with van der Waals surface area (Å²) >= 11 is 0. The van der Waals surface area contributed by atoms with Gasteiger partial charge in [-0.1, -0.05) is 322 Å². The molecular weight excluding hydrogens is 1490 g/mol. The molecule has 17 aromatic carbocycles. The standard InChI is InChI=1S/C60H38N8.C49H31N5/c1-5-19-39(20-6-1)55-61-56(40-21-7-2-8-22-40)64-59(63-55)43-27-17-29-45(37-43)67-49-33-15-13-31-47(49)53-51(67)35-36-52-54(53)48-32-14-16-34-50(48)68(52)46-30-18-28-44(38-46)60-65-57(41-23-9-3-10-24-41)62-58(66-60)42-25-11-4-12-26-42;1-3-15-33(16-4-1)47-50-48(34-17-5-2-6-18-34)52-49(51-47)36-20-13-21-37(31-36)53-41-24-11-9-22-39(41)45-43(53)28-29-44-46(45)40-23-10-12-25-42(40)54(44)38-27-26-32-14-7-8-19-35(32)30-38/h1-38H;1-31H. The van der Waals surface area contributed by atoms with E-state index in [1.54, 1.807) is 0 Å². The molecule has 7 aromatic heterocycles. The van der Waals surface area contributed by atoms with Crippen LogP contribution in [-0.4, -0.2) is 63.1 Å². The molecule has 0 aliphatic heterocycles. The maximum Gasteiger partial charge on any atom is 0.164 e. The van der Waals surface area contributed by atoms with Gasteiger partial charge < -0.3 is 18.3 Å². The van der Waals surface area contributed by atoms with E-state index in [4.69, 9.17) is 44.9 Å². The van der Waals surface area contributed by atoms with Crippen LogP contribution in [0.25, 0.3) is 223 Å². The highest BCUT2D eigenvalue weighted by molar-refractivity contribution is 6.30. The van der Waals surface area contributed by atoms with Crippen LogP contribution >= 0.6 is 0 Å². The minimum atomic E-state index is 0.609. The summed E-state index contributed by atoms with van der Waals surface area (Å²) in [6.45, 7) is 0. The predicted octanol–water partition coefficient (Wildman–Crippen LogP) is 26.5. The summed E-state index contributed by atoms with van der Waals surface area (Å²) in [5.41, 5.74) is 21.6. The molecule has 0 fully saturated rings. The van der Waals surface area contributed by atoms with E-state index in [0.29, 0.717) is 52.4 Å². The number of aromatic nitrogens is 13. The quantitative estimate of drug-likeness (QED) is 0.111. The molecule has 0 unspecified atom stereocenters. The summed E-state index contributed by atoms with van der Waals surface area (Å²) in [6.07, 6.45) is 0. The normalized spacial score (nSPS) is 11.6. The number of hydrogen-bond donors (Lipinski definition) is 0. The van der Waals surface area contributed by atoms with Crippen LogP contribution in [0.2, 0.25) is 0 Å². The molecule has 0 aliphatic rings. The van der Waals surface area contributed by atoms with E-state index in [1.807, 2.05) is 182 Å². The second-order valence-electron chi connectivity index (χ2n) is 30.4. The van der Waals surface area contributed by atoms with Gasteiger partial charge in [0.1, 0.15) is 0 Å². The summed E-state index contributed by atoms with van der Waals surface area (Å²) in [6, 6.07) is 146. The van der Waals surface area contributed by atoms with E-state index < -0.39 is 0 Å². The fourth-order valence-corrected chi connectivity index (χ4v) is 17.6. The maximum atomic E-state index is 5.07. The molecule has 0 N–H and O–H groups in total. The van der Waals surface area contributed by atoms with E-state index in [9.17, 15) is 0 Å². The molecule has 0 saturated heterocycles. The van der Waals surface area contributed by atoms with E-state index >= 15 is 0 Å². The molecule has 0 saturated carbocycles. The summed E-state index contributed by atoms with van der Waals surface area (Å²) in [4.78, 5) is 45.2. The molecule has 122 heavy (non-hydrogen) atoms. The van der Waals surface area contributed by atoms with Crippen LogP contribution in [0.4, 0.5) is 0 Å². The first kappa shape index (κ1) is 70.6. The zero-order valence-corrected chi connectivity index (χ0v) is 65.7. The second-order valence-corrected chi connectivity index (χ2v) is 30.4. The smallest absolute Gasteiger partial charge is 0.164 e. The van der Waals surface area contributed by atoms with Crippen molar-refractivity contribution in [3.63, 3.8) is 0 Å². The fourth-order valence-electron chi connectivity index (χ4n) is 17.6. The van der Waals surface area contributed by atoms with Crippen LogP contribution in [0.15, 0.2) is 419 Å². The topological polar surface area (TPSA) is 136 Å². The van der Waals surface area contributed by atoms with Gasteiger partial charge >= 0.3 is 0 Å². The summed E-state index contributed by atoms with van der Waals surface area (Å²) in [5, 5.41) is 12.1. The monoisotopic (exact) mass is 1560 g/mol. The second kappa shape index (κ2) is 29.7. The van der Waals surface area contributed by atoms with Crippen LogP contribution in [0, 0.1) is 0 Å². The van der Waals surface area contributed by atoms with Crippen LogP contribution in [-0.2, 0) is 0 Å². The third kappa shape index (κ3) is 12.4. The number of fused-ring (bicyclic) bond motifs is 15. The molecule has 13 heteroatoms. The molecule has 0 bridgehead atoms. The first-order valence-electron chi connectivity index (χ1n) is 40.8. The van der Waals surface area contributed by atoms with Crippen molar-refractivity contribution < 1.29 is 0 Å². The lowest BCUT2D eigenvalue weighted by molar-refractivity contribution is 1.07. The van der Waals surface area contributed by atoms with Gasteiger partial charge in [-0.2, -0.15) is 0 Å². The van der Waals surface area contributed by atoms with Crippen molar-refractivity contribution in [1.82, 2.24) is 63.1 Å². The Balaban J connectivity index is 0.000000145. The van der Waals surface area contributed by atoms with Gasteiger partial charge in [0.15, 0.2) is 52.4 Å². The van der Waals surface area contributed by atoms with Crippen LogP contribution < -0.4 is 0 Å². The number of benzene rings is 17. The Labute approximate surface area is 700 Å². The largest absolute Gasteiger partial charge is 0.309 e. The van der Waals surface area contributed by atoms with Crippen molar-refractivity contribution in [2.75, 3.05) is 0 Å². The van der Waals surface area contributed by atoms with Crippen molar-refractivity contribution >= 4 is 98.0 Å². The molecule has 0 spiro atoms. The average molecular weight is 1560 g/mol. The minimum absolute atomic E-state index is 0.609. The highest BCUT2D eigenvalue weighted by Gasteiger charge is 2.26. The molecule has 0 radical (unpaired) electrons. The minimum Gasteiger partial charge on any atom is -0.309 e. The zero-order chi connectivity index (χ0) is 80.6. The molecule has 13 nitrogen and oxygen atoms in total. The van der Waals surface area contributed by atoms with E-state index in [-0.39, 0.29) is 0 Å². The van der Waals surface area contributed by atoms with Crippen molar-refractivity contribution in [3.8, 4) is 125 Å². The number of hydrogen-bond acceptors (Lipinski definition) is 9. The van der Waals surface area contributed by atoms with E-state index in [2.05, 4.69) is 255 Å². The average Bonchev–Trinajstić information content (AvgIpc) is 1.55. The lowest BCUT2D eigenvalue weighted by atomic mass is 10.1. The Kier molecular flexibility index (Phi) is 17.2. The lowest BCUT2D eigenvalue weighted by Crippen LogP contribution is -2.01. The van der Waals surface area contributed by atoms with Gasteiger partial charge in [-0.05, 0) is 108 Å². The van der Waals surface area contributed by atoms with Gasteiger partial charge in [-0.15, -0.1) is 0 Å². The van der Waals surface area contributed by atoms with Crippen molar-refractivity contribution in [3.05, 3.63) is 419 Å². The number of rotatable bonds is 13. The molecule has 7 heterocycles. The predicted molar refractivity (Wildman–Crippen MR) is 497 cm³/mol. The van der Waals surface area contributed by atoms with Crippen molar-refractivity contribution in [1.29, 1.82) is 0 Å². The summed E-state index contributed by atoms with van der Waals surface area (Å²) < 4.78 is 9.53. The van der Waals surface area contributed by atoms with Gasteiger partial charge in [0.2, 0.25) is 0 Å². The number of nitrogens with zero attached hydrogens (tertiary/aromatic N) is 13. The first-order chi connectivity index (χ1) is 60.5. The molecule has 570 valence electrons. The van der Waals surface area contributed by atoms with Gasteiger partial charge in [0.25, 0.3) is 0 Å². The zero-order valence-electron chi connectivity index (χ0n) is 65.7. The summed E-state index contributed by atoms with van der Waals surface area (Å²) in [5.74, 6) is 5.65. The van der Waals surface area contributed by atoms with E-state index in [1.165, 1.54) is 64.9 Å². The Morgan fingerprint density at radius 1 is 0.131 bits per heavy atom. The van der Waals surface area contributed by atoms with Crippen molar-refractivity contribution in [2.24, 2.45) is 0 Å². The molecule has 0 aliphatic carbocycles. The van der Waals surface area contributed by atoms with Crippen LogP contribution in [0.1, 0.15) is 0 Å². The Morgan fingerprint density at radius 3 is 0.598 bits per heavy atom. The molecule has 0 atom stereocenters. The first-order valence-corrected chi connectivity index (χ1v) is 40.8. The van der Waals surface area contributed by atoms with Gasteiger partial charge in [0.05, 0.1) is 44.1 Å². The Morgan fingerprint density at radius 2 is 0.336 bits per heavy atom. The highest BCUT2D eigenvalue weighted by atomic mass is 15.1. The van der Waals surface area contributed by atoms with Gasteiger partial charge in [-0.25, -0.2) is 44.9 Å². The third-order valence-electron chi connectivity index (χ3n) is 23.1. The fraction of sp³-hybridized carbons (Fsp3) is 0. The summed E-state index contributed by atoms with van der Waals surface area (Å²) in [7, 11) is 0. The molecular formula is C109H69N13.